The third-order valence-electron chi connectivity index (χ3n) is 4.85. The quantitative estimate of drug-likeness (QED) is 0.779. The van der Waals surface area contributed by atoms with Crippen molar-refractivity contribution in [3.05, 3.63) is 56.1 Å². The highest BCUT2D eigenvalue weighted by Crippen LogP contribution is 2.18. The highest BCUT2D eigenvalue weighted by Gasteiger charge is 2.26. The van der Waals surface area contributed by atoms with E-state index in [1.165, 1.54) is 0 Å². The monoisotopic (exact) mass is 374 g/mol. The lowest BCUT2D eigenvalue weighted by molar-refractivity contribution is 0.0505. The molecule has 5 nitrogen and oxygen atoms in total. The average Bonchev–Trinajstić information content (AvgIpc) is 3.29. The number of carbonyl (C=O) groups excluding carboxylic acids is 1. The van der Waals surface area contributed by atoms with Gasteiger partial charge in [0.15, 0.2) is 0 Å². The zero-order valence-corrected chi connectivity index (χ0v) is 16.4. The van der Waals surface area contributed by atoms with Gasteiger partial charge in [-0.1, -0.05) is 13.8 Å². The second-order valence-corrected chi connectivity index (χ2v) is 7.92. The van der Waals surface area contributed by atoms with Gasteiger partial charge in [-0.05, 0) is 53.3 Å². The van der Waals surface area contributed by atoms with Crippen molar-refractivity contribution in [2.45, 2.75) is 45.3 Å². The molecule has 3 rings (SSSR count). The minimum atomic E-state index is -0.233. The third kappa shape index (κ3) is 4.07. The highest BCUT2D eigenvalue weighted by molar-refractivity contribution is 7.07. The Labute approximate surface area is 158 Å². The van der Waals surface area contributed by atoms with Crippen molar-refractivity contribution in [3.63, 3.8) is 0 Å². The summed E-state index contributed by atoms with van der Waals surface area (Å²) >= 11 is 1.61. The van der Waals surface area contributed by atoms with E-state index in [4.69, 9.17) is 4.74 Å². The van der Waals surface area contributed by atoms with Gasteiger partial charge in [0.25, 0.3) is 11.5 Å². The van der Waals surface area contributed by atoms with Crippen LogP contribution in [0.5, 0.6) is 0 Å². The van der Waals surface area contributed by atoms with Crippen LogP contribution in [0.15, 0.2) is 33.8 Å². The molecule has 0 aromatic carbocycles. The van der Waals surface area contributed by atoms with Crippen molar-refractivity contribution >= 4 is 17.2 Å². The molecule has 0 spiro atoms. The van der Waals surface area contributed by atoms with E-state index in [0.29, 0.717) is 13.1 Å². The summed E-state index contributed by atoms with van der Waals surface area (Å²) in [6, 6.07) is 5.57. The normalized spacial score (nSPS) is 17.0. The average molecular weight is 375 g/mol. The molecule has 0 unspecified atom stereocenters. The fraction of sp³-hybridized carbons (Fsp3) is 0.500. The van der Waals surface area contributed by atoms with Gasteiger partial charge in [-0.25, -0.2) is 0 Å². The van der Waals surface area contributed by atoms with Gasteiger partial charge in [-0.15, -0.1) is 0 Å². The number of ether oxygens (including phenoxy) is 1. The van der Waals surface area contributed by atoms with Gasteiger partial charge in [0.2, 0.25) is 0 Å². The van der Waals surface area contributed by atoms with Crippen molar-refractivity contribution in [1.82, 2.24) is 9.47 Å². The van der Waals surface area contributed by atoms with Crippen LogP contribution in [0.4, 0.5) is 0 Å². The van der Waals surface area contributed by atoms with Crippen molar-refractivity contribution in [1.29, 1.82) is 0 Å². The van der Waals surface area contributed by atoms with E-state index >= 15 is 0 Å². The number of carbonyl (C=O) groups is 1. The van der Waals surface area contributed by atoms with Crippen LogP contribution in [0.2, 0.25) is 0 Å². The first kappa shape index (κ1) is 18.9. The SMILES string of the molecule is CC(C)c1ccc(C(=O)N(Cc2ccsc2)C[C@H]2CCCO2)c(=O)n1C. The van der Waals surface area contributed by atoms with Crippen LogP contribution in [-0.4, -0.2) is 34.6 Å². The zero-order chi connectivity index (χ0) is 18.7. The molecule has 0 radical (unpaired) electrons. The minimum absolute atomic E-state index is 0.0522. The Morgan fingerprint density at radius 1 is 1.38 bits per heavy atom. The molecule has 2 aromatic rings. The second kappa shape index (κ2) is 8.18. The maximum absolute atomic E-state index is 13.2. The van der Waals surface area contributed by atoms with E-state index in [1.54, 1.807) is 33.9 Å². The number of amides is 1. The van der Waals surface area contributed by atoms with Crippen LogP contribution in [0.3, 0.4) is 0 Å². The first-order valence-corrected chi connectivity index (χ1v) is 10.0. The molecule has 0 bridgehead atoms. The van der Waals surface area contributed by atoms with Crippen molar-refractivity contribution in [2.24, 2.45) is 7.05 Å². The number of rotatable bonds is 6. The van der Waals surface area contributed by atoms with Crippen LogP contribution in [0, 0.1) is 0 Å². The van der Waals surface area contributed by atoms with Gasteiger partial charge in [-0.2, -0.15) is 11.3 Å². The molecule has 0 saturated carbocycles. The molecule has 1 fully saturated rings. The summed E-state index contributed by atoms with van der Waals surface area (Å²) in [5.74, 6) is 0.00764. The molecule has 2 aromatic heterocycles. The molecule has 1 aliphatic heterocycles. The van der Waals surface area contributed by atoms with E-state index in [1.807, 2.05) is 36.7 Å². The Kier molecular flexibility index (Phi) is 5.94. The van der Waals surface area contributed by atoms with E-state index in [2.05, 4.69) is 0 Å². The molecule has 3 heterocycles. The van der Waals surface area contributed by atoms with Gasteiger partial charge in [0.1, 0.15) is 5.56 Å². The first-order valence-electron chi connectivity index (χ1n) is 9.09. The van der Waals surface area contributed by atoms with Gasteiger partial charge in [0, 0.05) is 32.4 Å². The van der Waals surface area contributed by atoms with Crippen molar-refractivity contribution < 1.29 is 9.53 Å². The lowest BCUT2D eigenvalue weighted by Crippen LogP contribution is -2.40. The first-order chi connectivity index (χ1) is 12.5. The van der Waals surface area contributed by atoms with Crippen LogP contribution in [0.25, 0.3) is 0 Å². The van der Waals surface area contributed by atoms with E-state index in [0.717, 1.165) is 30.7 Å². The summed E-state index contributed by atoms with van der Waals surface area (Å²) in [6.07, 6.45) is 2.03. The molecule has 140 valence electrons. The number of pyridine rings is 1. The molecular weight excluding hydrogens is 348 g/mol. The number of nitrogens with zero attached hydrogens (tertiary/aromatic N) is 2. The van der Waals surface area contributed by atoms with Gasteiger partial charge >= 0.3 is 0 Å². The lowest BCUT2D eigenvalue weighted by Gasteiger charge is -2.25. The summed E-state index contributed by atoms with van der Waals surface area (Å²) in [4.78, 5) is 27.7. The number of aromatic nitrogens is 1. The largest absolute Gasteiger partial charge is 0.376 e. The zero-order valence-electron chi connectivity index (χ0n) is 15.6. The standard InChI is InChI=1S/C20H26N2O3S/c1-14(2)18-7-6-17(19(23)21(18)3)20(24)22(11-15-8-10-26-13-15)12-16-5-4-9-25-16/h6-8,10,13-14,16H,4-5,9,11-12H2,1-3H3/t16-/m1/s1. The fourth-order valence-electron chi connectivity index (χ4n) is 3.42. The molecule has 0 N–H and O–H groups in total. The minimum Gasteiger partial charge on any atom is -0.376 e. The molecule has 1 saturated heterocycles. The highest BCUT2D eigenvalue weighted by atomic mass is 32.1. The van der Waals surface area contributed by atoms with E-state index in [9.17, 15) is 9.59 Å². The Morgan fingerprint density at radius 3 is 2.81 bits per heavy atom. The number of thiophene rings is 1. The summed E-state index contributed by atoms with van der Waals surface area (Å²) in [5.41, 5.74) is 2.00. The maximum atomic E-state index is 13.2. The molecular formula is C20H26N2O3S. The van der Waals surface area contributed by atoms with Crippen LogP contribution in [0.1, 0.15) is 54.2 Å². The smallest absolute Gasteiger partial charge is 0.263 e. The van der Waals surface area contributed by atoms with Crippen molar-refractivity contribution in [3.8, 4) is 0 Å². The van der Waals surface area contributed by atoms with Crippen LogP contribution < -0.4 is 5.56 Å². The number of hydrogen-bond donors (Lipinski definition) is 0. The molecule has 1 amide bonds. The van der Waals surface area contributed by atoms with Crippen LogP contribution in [-0.2, 0) is 18.3 Å². The second-order valence-electron chi connectivity index (χ2n) is 7.14. The van der Waals surface area contributed by atoms with Gasteiger partial charge in [0.05, 0.1) is 6.10 Å². The van der Waals surface area contributed by atoms with Crippen LogP contribution >= 0.6 is 11.3 Å². The molecule has 1 atom stereocenters. The Balaban J connectivity index is 1.88. The summed E-state index contributed by atoms with van der Waals surface area (Å²) in [7, 11) is 1.73. The summed E-state index contributed by atoms with van der Waals surface area (Å²) in [5, 5.41) is 4.04. The molecule has 0 aliphatic carbocycles. The summed E-state index contributed by atoms with van der Waals surface area (Å²) < 4.78 is 7.31. The predicted octanol–water partition coefficient (Wildman–Crippen LogP) is 3.39. The lowest BCUT2D eigenvalue weighted by atomic mass is 10.1. The van der Waals surface area contributed by atoms with E-state index in [-0.39, 0.29) is 29.1 Å². The molecule has 1 aliphatic rings. The van der Waals surface area contributed by atoms with Crippen molar-refractivity contribution in [2.75, 3.05) is 13.2 Å². The maximum Gasteiger partial charge on any atom is 0.263 e. The fourth-order valence-corrected chi connectivity index (χ4v) is 4.08. The Morgan fingerprint density at radius 2 is 2.19 bits per heavy atom. The molecule has 6 heteroatoms. The molecule has 26 heavy (non-hydrogen) atoms. The Bertz CT molecular complexity index is 805. The topological polar surface area (TPSA) is 51.5 Å². The Hall–Kier alpha value is -1.92. The predicted molar refractivity (Wildman–Crippen MR) is 104 cm³/mol. The van der Waals surface area contributed by atoms with Gasteiger partial charge < -0.3 is 14.2 Å². The third-order valence-corrected chi connectivity index (χ3v) is 5.59. The summed E-state index contributed by atoms with van der Waals surface area (Å²) in [6.45, 7) is 5.84. The van der Waals surface area contributed by atoms with Gasteiger partial charge in [-0.3, -0.25) is 9.59 Å². The number of hydrogen-bond acceptors (Lipinski definition) is 4. The van der Waals surface area contributed by atoms with E-state index < -0.39 is 0 Å².